The van der Waals surface area contributed by atoms with E-state index in [1.807, 2.05) is 0 Å². The van der Waals surface area contributed by atoms with E-state index < -0.39 is 11.5 Å². The van der Waals surface area contributed by atoms with E-state index in [-0.39, 0.29) is 47.2 Å². The number of carbonyl (C=O) groups is 1. The van der Waals surface area contributed by atoms with Crippen LogP contribution in [-0.2, 0) is 22.6 Å². The molecule has 2 aromatic carbocycles. The molecular formula is C34H35F2N15O5S. The van der Waals surface area contributed by atoms with Crippen molar-refractivity contribution in [1.29, 1.82) is 5.41 Å². The summed E-state index contributed by atoms with van der Waals surface area (Å²) in [7, 11) is 0. The van der Waals surface area contributed by atoms with Gasteiger partial charge in [0.05, 0.1) is 31.1 Å². The molecule has 0 radical (unpaired) electrons. The van der Waals surface area contributed by atoms with E-state index in [1.165, 1.54) is 24.7 Å². The van der Waals surface area contributed by atoms with Crippen molar-refractivity contribution in [2.45, 2.75) is 20.0 Å². The molecule has 5 heterocycles. The van der Waals surface area contributed by atoms with Gasteiger partial charge in [-0.05, 0) is 31.2 Å². The number of carbonyl (C=O) groups excluding carboxylic acids is 1. The molecule has 0 aliphatic rings. The topological polar surface area (TPSA) is 327 Å². The van der Waals surface area contributed by atoms with Gasteiger partial charge >= 0.3 is 5.97 Å². The summed E-state index contributed by atoms with van der Waals surface area (Å²) in [6, 6.07) is 19.4. The molecule has 7 rings (SSSR count). The molecule has 0 unspecified atom stereocenters. The van der Waals surface area contributed by atoms with Gasteiger partial charge in [0.2, 0.25) is 5.82 Å². The van der Waals surface area contributed by atoms with Gasteiger partial charge in [0, 0.05) is 23.3 Å². The molecule has 0 fully saturated rings. The summed E-state index contributed by atoms with van der Waals surface area (Å²) in [5.41, 5.74) is 19.0. The highest BCUT2D eigenvalue weighted by molar-refractivity contribution is 7.81. The number of esters is 1. The average Bonchev–Trinajstić information content (AvgIpc) is 4.04. The fourth-order valence-electron chi connectivity index (χ4n) is 4.66. The fourth-order valence-corrected chi connectivity index (χ4v) is 4.72. The highest BCUT2D eigenvalue weighted by Gasteiger charge is 2.18. The van der Waals surface area contributed by atoms with Crippen LogP contribution in [0.1, 0.15) is 23.7 Å². The number of nitrogens with two attached hydrogens (primary N) is 5. The first kappa shape index (κ1) is 42.2. The zero-order valence-electron chi connectivity index (χ0n) is 29.9. The van der Waals surface area contributed by atoms with Gasteiger partial charge in [0.25, 0.3) is 5.56 Å². The lowest BCUT2D eigenvalue weighted by Crippen LogP contribution is -2.23. The number of anilines is 1. The minimum atomic E-state index is -0.609. The number of nitrogens with one attached hydrogen (secondary N) is 2. The van der Waals surface area contributed by atoms with Crippen molar-refractivity contribution < 1.29 is 27.4 Å². The maximum atomic E-state index is 14.0. The molecule has 57 heavy (non-hydrogen) atoms. The minimum absolute atomic E-state index is 0.140. The van der Waals surface area contributed by atoms with E-state index in [4.69, 9.17) is 31.7 Å². The second-order valence-corrected chi connectivity index (χ2v) is 11.4. The first-order valence-corrected chi connectivity index (χ1v) is 16.7. The van der Waals surface area contributed by atoms with Gasteiger partial charge in [0.1, 0.15) is 52.8 Å². The van der Waals surface area contributed by atoms with Crippen molar-refractivity contribution in [3.8, 4) is 34.3 Å². The van der Waals surface area contributed by atoms with Crippen molar-refractivity contribution in [1.82, 2.24) is 45.1 Å². The Balaban J connectivity index is 0.000000208. The highest BCUT2D eigenvalue weighted by atomic mass is 32.1. The third-order valence-corrected chi connectivity index (χ3v) is 7.40. The van der Waals surface area contributed by atoms with Gasteiger partial charge in [-0.1, -0.05) is 58.9 Å². The Morgan fingerprint density at radius 3 is 1.81 bits per heavy atom. The number of hydrogen-bond acceptors (Lipinski definition) is 16. The quantitative estimate of drug-likeness (QED) is 0.0274. The zero-order chi connectivity index (χ0) is 41.5. The smallest absolute Gasteiger partial charge is 0.365 e. The number of nitrogen functional groups attached to an aromatic ring is 2. The van der Waals surface area contributed by atoms with E-state index in [1.54, 1.807) is 77.0 Å². The van der Waals surface area contributed by atoms with Crippen LogP contribution in [0.15, 0.2) is 99.2 Å². The number of thiocarbonyl (C=S) groups is 1. The average molecular weight is 804 g/mol. The predicted octanol–water partition coefficient (Wildman–Crippen LogP) is 2.12. The maximum Gasteiger partial charge on any atom is 0.365 e. The summed E-state index contributed by atoms with van der Waals surface area (Å²) in [6.07, 6.45) is 2.85. The molecule has 0 bridgehead atoms. The van der Waals surface area contributed by atoms with Crippen LogP contribution in [0, 0.1) is 17.0 Å². The maximum absolute atomic E-state index is 14.0. The van der Waals surface area contributed by atoms with Crippen LogP contribution in [0.3, 0.4) is 0 Å². The second kappa shape index (κ2) is 20.3. The van der Waals surface area contributed by atoms with Gasteiger partial charge in [-0.15, -0.1) is 10.2 Å². The molecular weight excluding hydrogens is 769 g/mol. The van der Waals surface area contributed by atoms with Crippen molar-refractivity contribution >= 4 is 34.8 Å². The lowest BCUT2D eigenvalue weighted by atomic mass is 10.2. The SMILES string of the molecule is CCOC(=O)C(N)=S.N=C(N)c1cc(-c2ccon2)n(Cc2ccccc2F)n1.NN.Nc1nnc(-c2cc(-c3ccon3)n(Cc3ccccc3F)n2)[nH]c1=O. The van der Waals surface area contributed by atoms with Crippen LogP contribution >= 0.6 is 12.2 Å². The predicted molar refractivity (Wildman–Crippen MR) is 205 cm³/mol. The van der Waals surface area contributed by atoms with Gasteiger partial charge in [-0.2, -0.15) is 10.2 Å². The Morgan fingerprint density at radius 1 is 0.842 bits per heavy atom. The number of ether oxygens (including phenoxy) is 1. The highest BCUT2D eigenvalue weighted by Crippen LogP contribution is 2.25. The largest absolute Gasteiger partial charge is 0.461 e. The van der Waals surface area contributed by atoms with Crippen LogP contribution in [0.4, 0.5) is 14.6 Å². The van der Waals surface area contributed by atoms with Crippen LogP contribution in [-0.4, -0.2) is 68.5 Å². The number of aromatic nitrogens is 9. The van der Waals surface area contributed by atoms with E-state index in [0.717, 1.165) is 0 Å². The summed E-state index contributed by atoms with van der Waals surface area (Å²) < 4.78 is 45.0. The number of aromatic amines is 1. The molecule has 296 valence electrons. The number of rotatable bonds is 9. The number of nitrogens with zero attached hydrogens (tertiary/aromatic N) is 8. The van der Waals surface area contributed by atoms with E-state index >= 15 is 0 Å². The van der Waals surface area contributed by atoms with Crippen molar-refractivity contribution in [2.24, 2.45) is 23.2 Å². The second-order valence-electron chi connectivity index (χ2n) is 11.0. The lowest BCUT2D eigenvalue weighted by molar-refractivity contribution is -0.134. The van der Waals surface area contributed by atoms with Gasteiger partial charge in [-0.25, -0.2) is 13.6 Å². The molecule has 0 saturated carbocycles. The van der Waals surface area contributed by atoms with Crippen molar-refractivity contribution in [3.63, 3.8) is 0 Å². The number of H-pyrrole nitrogens is 1. The molecule has 7 aromatic rings. The molecule has 23 heteroatoms. The molecule has 0 saturated heterocycles. The van der Waals surface area contributed by atoms with Gasteiger partial charge < -0.3 is 36.0 Å². The van der Waals surface area contributed by atoms with E-state index in [0.29, 0.717) is 51.9 Å². The Kier molecular flexibility index (Phi) is 15.0. The zero-order valence-corrected chi connectivity index (χ0v) is 30.7. The third kappa shape index (κ3) is 11.3. The first-order chi connectivity index (χ1) is 27.4. The number of amidine groups is 1. The normalized spacial score (nSPS) is 10.2. The lowest BCUT2D eigenvalue weighted by Gasteiger charge is -2.06. The number of hydrogen-bond donors (Lipinski definition) is 7. The Bertz CT molecular complexity index is 2470. The van der Waals surface area contributed by atoms with Crippen LogP contribution in [0.5, 0.6) is 0 Å². The minimum Gasteiger partial charge on any atom is -0.461 e. The number of halogens is 2. The summed E-state index contributed by atoms with van der Waals surface area (Å²) in [4.78, 5) is 24.2. The summed E-state index contributed by atoms with van der Waals surface area (Å²) >= 11 is 4.29. The monoisotopic (exact) mass is 803 g/mol. The van der Waals surface area contributed by atoms with Crippen molar-refractivity contribution in [3.05, 3.63) is 124 Å². The number of hydrazine groups is 1. The van der Waals surface area contributed by atoms with Crippen LogP contribution < -0.4 is 34.4 Å². The van der Waals surface area contributed by atoms with Gasteiger partial charge in [-0.3, -0.25) is 31.3 Å². The first-order valence-electron chi connectivity index (χ1n) is 16.3. The molecule has 0 atom stereocenters. The molecule has 5 aromatic heterocycles. The fraction of sp³-hybridized carbons (Fsp3) is 0.118. The Morgan fingerprint density at radius 2 is 1.37 bits per heavy atom. The van der Waals surface area contributed by atoms with Crippen LogP contribution in [0.25, 0.3) is 34.3 Å². The van der Waals surface area contributed by atoms with Gasteiger partial charge in [0.15, 0.2) is 10.8 Å². The third-order valence-electron chi connectivity index (χ3n) is 7.23. The molecule has 12 N–H and O–H groups in total. The van der Waals surface area contributed by atoms with E-state index in [2.05, 4.69) is 64.3 Å². The van der Waals surface area contributed by atoms with Crippen molar-refractivity contribution in [2.75, 3.05) is 12.3 Å². The van der Waals surface area contributed by atoms with Crippen LogP contribution in [0.2, 0.25) is 0 Å². The molecule has 20 nitrogen and oxygen atoms in total. The number of benzene rings is 2. The molecule has 0 aliphatic heterocycles. The van der Waals surface area contributed by atoms with E-state index in [9.17, 15) is 18.4 Å². The molecule has 0 amide bonds. The summed E-state index contributed by atoms with van der Waals surface area (Å²) in [6.45, 7) is 2.37. The molecule has 0 aliphatic carbocycles. The Hall–Kier alpha value is -7.50. The Labute approximate surface area is 326 Å². The standard InChI is InChI=1S/C16H12FN7O2.C14H12FN5O.C4H7NO2S.H4N2/c17-10-4-2-1-3-9(10)8-24-13(11-5-6-26-23-11)7-12(22-24)15-19-16(25)14(18)20-21-15;15-10-4-2-1-3-9(10)8-20-13(11-5-6-21-19-11)7-12(18-20)14(16)17;1-2-7-4(6)3(5)8;1-2/h1-7H,8H2,(H2,18,20)(H,19,21,25);1-7H,8H2,(H3,16,17);2H2,1H3,(H2,5,8);1-2H2. The molecule has 0 spiro atoms. The summed E-state index contributed by atoms with van der Waals surface area (Å²) in [5.74, 6) is 6.46. The summed E-state index contributed by atoms with van der Waals surface area (Å²) in [5, 5.41) is 31.3.